The van der Waals surface area contributed by atoms with E-state index in [0.29, 0.717) is 18.0 Å². The zero-order valence-electron chi connectivity index (χ0n) is 18.4. The maximum Gasteiger partial charge on any atom is 0.191 e. The van der Waals surface area contributed by atoms with Crippen molar-refractivity contribution in [3.63, 3.8) is 0 Å². The van der Waals surface area contributed by atoms with Crippen LogP contribution in [0.2, 0.25) is 0 Å². The van der Waals surface area contributed by atoms with Crippen molar-refractivity contribution in [3.05, 3.63) is 35.9 Å². The number of morpholine rings is 1. The Labute approximate surface area is 176 Å². The first-order valence-electron chi connectivity index (χ1n) is 11.3. The SMILES string of the molecule is CCNC(=NCC(C)CN1CCOCC1)NC1CC(C)N(Cc2ccccc2)C1. The highest BCUT2D eigenvalue weighted by atomic mass is 16.5. The average molecular weight is 402 g/mol. The molecule has 29 heavy (non-hydrogen) atoms. The smallest absolute Gasteiger partial charge is 0.191 e. The number of aliphatic imine (C=N–C) groups is 1. The van der Waals surface area contributed by atoms with Gasteiger partial charge in [-0.1, -0.05) is 37.3 Å². The van der Waals surface area contributed by atoms with E-state index >= 15 is 0 Å². The summed E-state index contributed by atoms with van der Waals surface area (Å²) < 4.78 is 5.45. The van der Waals surface area contributed by atoms with Gasteiger partial charge in [0, 0.05) is 57.9 Å². The first-order valence-corrected chi connectivity index (χ1v) is 11.3. The quantitative estimate of drug-likeness (QED) is 0.517. The van der Waals surface area contributed by atoms with Crippen molar-refractivity contribution >= 4 is 5.96 Å². The van der Waals surface area contributed by atoms with E-state index in [0.717, 1.165) is 71.4 Å². The van der Waals surface area contributed by atoms with Gasteiger partial charge < -0.3 is 15.4 Å². The third-order valence-electron chi connectivity index (χ3n) is 5.85. The first kappa shape index (κ1) is 22.1. The van der Waals surface area contributed by atoms with Crippen LogP contribution in [0.15, 0.2) is 35.3 Å². The predicted octanol–water partition coefficient (Wildman–Crippen LogP) is 2.17. The van der Waals surface area contributed by atoms with E-state index < -0.39 is 0 Å². The monoisotopic (exact) mass is 401 g/mol. The molecule has 2 fully saturated rings. The molecule has 0 amide bonds. The van der Waals surface area contributed by atoms with Gasteiger partial charge in [-0.25, -0.2) is 0 Å². The number of nitrogens with zero attached hydrogens (tertiary/aromatic N) is 3. The van der Waals surface area contributed by atoms with E-state index in [4.69, 9.17) is 9.73 Å². The molecular formula is C23H39N5O. The summed E-state index contributed by atoms with van der Waals surface area (Å²) in [6, 6.07) is 11.8. The number of benzene rings is 1. The van der Waals surface area contributed by atoms with Gasteiger partial charge in [0.1, 0.15) is 0 Å². The van der Waals surface area contributed by atoms with E-state index in [9.17, 15) is 0 Å². The molecule has 0 radical (unpaired) electrons. The second kappa shape index (κ2) is 11.5. The molecule has 0 aliphatic carbocycles. The van der Waals surface area contributed by atoms with Gasteiger partial charge >= 0.3 is 0 Å². The molecule has 0 aromatic heterocycles. The topological polar surface area (TPSA) is 52.1 Å². The Morgan fingerprint density at radius 1 is 1.24 bits per heavy atom. The van der Waals surface area contributed by atoms with Gasteiger partial charge in [-0.3, -0.25) is 14.8 Å². The number of likely N-dealkylation sites (tertiary alicyclic amines) is 1. The van der Waals surface area contributed by atoms with Crippen LogP contribution in [0.5, 0.6) is 0 Å². The zero-order chi connectivity index (χ0) is 20.5. The molecule has 162 valence electrons. The van der Waals surface area contributed by atoms with Crippen molar-refractivity contribution in [2.45, 2.75) is 45.8 Å². The fourth-order valence-electron chi connectivity index (χ4n) is 4.28. The van der Waals surface area contributed by atoms with Crippen LogP contribution in [0.1, 0.15) is 32.8 Å². The maximum absolute atomic E-state index is 5.45. The Balaban J connectivity index is 1.48. The predicted molar refractivity (Wildman–Crippen MR) is 120 cm³/mol. The average Bonchev–Trinajstić information content (AvgIpc) is 3.06. The van der Waals surface area contributed by atoms with Crippen LogP contribution in [-0.4, -0.2) is 80.3 Å². The third-order valence-corrected chi connectivity index (χ3v) is 5.85. The van der Waals surface area contributed by atoms with Gasteiger partial charge in [-0.15, -0.1) is 0 Å². The lowest BCUT2D eigenvalue weighted by Gasteiger charge is -2.28. The Morgan fingerprint density at radius 3 is 2.72 bits per heavy atom. The molecule has 2 saturated heterocycles. The van der Waals surface area contributed by atoms with E-state index in [1.807, 2.05) is 0 Å². The van der Waals surface area contributed by atoms with Crippen LogP contribution >= 0.6 is 0 Å². The second-order valence-corrected chi connectivity index (χ2v) is 8.58. The van der Waals surface area contributed by atoms with Crippen molar-refractivity contribution < 1.29 is 4.74 Å². The van der Waals surface area contributed by atoms with Crippen LogP contribution in [0, 0.1) is 5.92 Å². The fourth-order valence-corrected chi connectivity index (χ4v) is 4.28. The molecule has 1 aromatic rings. The van der Waals surface area contributed by atoms with Crippen LogP contribution in [0.3, 0.4) is 0 Å². The lowest BCUT2D eigenvalue weighted by Crippen LogP contribution is -2.45. The van der Waals surface area contributed by atoms with Crippen molar-refractivity contribution in [2.24, 2.45) is 10.9 Å². The van der Waals surface area contributed by atoms with Gasteiger partial charge in [0.05, 0.1) is 13.2 Å². The Hall–Kier alpha value is -1.63. The van der Waals surface area contributed by atoms with Gasteiger partial charge in [0.2, 0.25) is 0 Å². The van der Waals surface area contributed by atoms with Crippen molar-refractivity contribution in [1.82, 2.24) is 20.4 Å². The summed E-state index contributed by atoms with van der Waals surface area (Å²) in [4.78, 5) is 9.95. The summed E-state index contributed by atoms with van der Waals surface area (Å²) in [7, 11) is 0. The van der Waals surface area contributed by atoms with Crippen LogP contribution in [0.4, 0.5) is 0 Å². The molecule has 2 heterocycles. The number of hydrogen-bond donors (Lipinski definition) is 2. The molecule has 3 rings (SSSR count). The minimum Gasteiger partial charge on any atom is -0.379 e. The van der Waals surface area contributed by atoms with Crippen LogP contribution in [0.25, 0.3) is 0 Å². The van der Waals surface area contributed by atoms with Crippen LogP contribution in [-0.2, 0) is 11.3 Å². The molecule has 3 atom stereocenters. The van der Waals surface area contributed by atoms with Crippen molar-refractivity contribution in [3.8, 4) is 0 Å². The molecule has 3 unspecified atom stereocenters. The summed E-state index contributed by atoms with van der Waals surface area (Å²) >= 11 is 0. The zero-order valence-corrected chi connectivity index (χ0v) is 18.4. The molecule has 1 aromatic carbocycles. The Morgan fingerprint density at radius 2 is 2.00 bits per heavy atom. The van der Waals surface area contributed by atoms with E-state index in [1.54, 1.807) is 0 Å². The summed E-state index contributed by atoms with van der Waals surface area (Å²) in [5.74, 6) is 1.50. The van der Waals surface area contributed by atoms with Crippen molar-refractivity contribution in [1.29, 1.82) is 0 Å². The Kier molecular flexibility index (Phi) is 8.77. The minimum atomic E-state index is 0.445. The molecule has 2 aliphatic rings. The first-order chi connectivity index (χ1) is 14.1. The maximum atomic E-state index is 5.45. The normalized spacial score (nSPS) is 25.1. The highest BCUT2D eigenvalue weighted by Gasteiger charge is 2.29. The van der Waals surface area contributed by atoms with Gasteiger partial charge in [-0.05, 0) is 31.7 Å². The molecule has 0 bridgehead atoms. The summed E-state index contributed by atoms with van der Waals surface area (Å²) in [5.41, 5.74) is 1.39. The summed E-state index contributed by atoms with van der Waals surface area (Å²) in [6.07, 6.45) is 1.15. The Bertz CT molecular complexity index is 617. The number of rotatable bonds is 8. The second-order valence-electron chi connectivity index (χ2n) is 8.58. The van der Waals surface area contributed by atoms with E-state index in [1.165, 1.54) is 5.56 Å². The highest BCUT2D eigenvalue weighted by Crippen LogP contribution is 2.20. The van der Waals surface area contributed by atoms with Crippen LogP contribution < -0.4 is 10.6 Å². The fraction of sp³-hybridized carbons (Fsp3) is 0.696. The molecule has 0 spiro atoms. The summed E-state index contributed by atoms with van der Waals surface area (Å²) in [6.45, 7) is 15.5. The van der Waals surface area contributed by atoms with Gasteiger partial charge in [-0.2, -0.15) is 0 Å². The standard InChI is InChI=1S/C23H39N5O/c1-4-24-23(25-15-19(2)16-27-10-12-29-13-11-27)26-22-14-20(3)28(18-22)17-21-8-6-5-7-9-21/h5-9,19-20,22H,4,10-18H2,1-3H3,(H2,24,25,26). The van der Waals surface area contributed by atoms with Crippen molar-refractivity contribution in [2.75, 3.05) is 52.5 Å². The minimum absolute atomic E-state index is 0.445. The molecule has 2 N–H and O–H groups in total. The lowest BCUT2D eigenvalue weighted by molar-refractivity contribution is 0.0323. The molecule has 0 saturated carbocycles. The van der Waals surface area contributed by atoms with Gasteiger partial charge in [0.25, 0.3) is 0 Å². The largest absolute Gasteiger partial charge is 0.379 e. The number of ether oxygens (including phenoxy) is 1. The van der Waals surface area contributed by atoms with E-state index in [2.05, 4.69) is 71.5 Å². The third kappa shape index (κ3) is 7.28. The molecule has 6 nitrogen and oxygen atoms in total. The number of guanidine groups is 1. The highest BCUT2D eigenvalue weighted by molar-refractivity contribution is 5.80. The van der Waals surface area contributed by atoms with E-state index in [-0.39, 0.29) is 0 Å². The lowest BCUT2D eigenvalue weighted by atomic mass is 10.1. The molecule has 6 heteroatoms. The summed E-state index contributed by atoms with van der Waals surface area (Å²) in [5, 5.41) is 7.12. The molecular weight excluding hydrogens is 362 g/mol. The number of nitrogens with one attached hydrogen (secondary N) is 2. The van der Waals surface area contributed by atoms with Gasteiger partial charge in [0.15, 0.2) is 5.96 Å². The number of hydrogen-bond acceptors (Lipinski definition) is 4. The molecule has 2 aliphatic heterocycles.